The maximum atomic E-state index is 13.4. The number of nitrogens with zero attached hydrogens (tertiary/aromatic N) is 1. The zero-order valence-corrected chi connectivity index (χ0v) is 20.2. The predicted molar refractivity (Wildman–Crippen MR) is 136 cm³/mol. The molecule has 0 bridgehead atoms. The summed E-state index contributed by atoms with van der Waals surface area (Å²) in [4.78, 5) is 28.4. The van der Waals surface area contributed by atoms with Crippen molar-refractivity contribution in [3.63, 3.8) is 0 Å². The second-order valence-electron chi connectivity index (χ2n) is 8.10. The number of halogens is 1. The first-order chi connectivity index (χ1) is 16.6. The van der Waals surface area contributed by atoms with Crippen molar-refractivity contribution < 1.29 is 14.3 Å². The van der Waals surface area contributed by atoms with Crippen LogP contribution in [0, 0.1) is 0 Å². The van der Waals surface area contributed by atoms with Gasteiger partial charge in [-0.3, -0.25) is 9.59 Å². The highest BCUT2D eigenvalue weighted by molar-refractivity contribution is 6.30. The molecule has 0 aliphatic rings. The largest absolute Gasteiger partial charge is 0.484 e. The van der Waals surface area contributed by atoms with Crippen molar-refractivity contribution in [3.8, 4) is 5.75 Å². The Morgan fingerprint density at radius 2 is 1.56 bits per heavy atom. The molecule has 1 unspecified atom stereocenters. The van der Waals surface area contributed by atoms with Gasteiger partial charge in [0.25, 0.3) is 5.91 Å². The fourth-order valence-corrected chi connectivity index (χ4v) is 3.72. The van der Waals surface area contributed by atoms with Gasteiger partial charge in [0.05, 0.1) is 0 Å². The van der Waals surface area contributed by atoms with Crippen molar-refractivity contribution >= 4 is 23.4 Å². The van der Waals surface area contributed by atoms with Crippen LogP contribution < -0.4 is 10.1 Å². The first-order valence-corrected chi connectivity index (χ1v) is 12.0. The average molecular weight is 479 g/mol. The van der Waals surface area contributed by atoms with Crippen LogP contribution in [-0.4, -0.2) is 35.9 Å². The first-order valence-electron chi connectivity index (χ1n) is 11.6. The lowest BCUT2D eigenvalue weighted by molar-refractivity contribution is -0.142. The Hall–Kier alpha value is -3.31. The monoisotopic (exact) mass is 478 g/mol. The Morgan fingerprint density at radius 3 is 2.21 bits per heavy atom. The molecule has 0 saturated carbocycles. The number of hydrogen-bond donors (Lipinski definition) is 1. The van der Waals surface area contributed by atoms with Crippen LogP contribution in [0.3, 0.4) is 0 Å². The summed E-state index contributed by atoms with van der Waals surface area (Å²) < 4.78 is 5.74. The minimum absolute atomic E-state index is 0.162. The summed E-state index contributed by atoms with van der Waals surface area (Å²) in [5, 5.41) is 3.63. The minimum Gasteiger partial charge on any atom is -0.484 e. The van der Waals surface area contributed by atoms with Gasteiger partial charge in [-0.2, -0.15) is 0 Å². The van der Waals surface area contributed by atoms with Gasteiger partial charge in [0, 0.05) is 24.5 Å². The van der Waals surface area contributed by atoms with Gasteiger partial charge in [0.1, 0.15) is 11.8 Å². The normalized spacial score (nSPS) is 11.5. The Morgan fingerprint density at radius 1 is 0.912 bits per heavy atom. The number of amides is 2. The Labute approximate surface area is 206 Å². The van der Waals surface area contributed by atoms with E-state index in [-0.39, 0.29) is 25.0 Å². The molecule has 1 atom stereocenters. The molecule has 0 spiro atoms. The van der Waals surface area contributed by atoms with Crippen LogP contribution in [0.25, 0.3) is 0 Å². The molecule has 0 fully saturated rings. The zero-order chi connectivity index (χ0) is 24.2. The minimum atomic E-state index is -0.679. The van der Waals surface area contributed by atoms with Crippen LogP contribution in [0.4, 0.5) is 0 Å². The van der Waals surface area contributed by atoms with Crippen molar-refractivity contribution in [2.75, 3.05) is 13.2 Å². The number of carbonyl (C=O) groups excluding carboxylic acids is 2. The second-order valence-corrected chi connectivity index (χ2v) is 8.54. The maximum absolute atomic E-state index is 13.4. The lowest BCUT2D eigenvalue weighted by atomic mass is 10.0. The van der Waals surface area contributed by atoms with Gasteiger partial charge in [-0.15, -0.1) is 0 Å². The van der Waals surface area contributed by atoms with E-state index in [1.807, 2.05) is 60.7 Å². The standard InChI is InChI=1S/C28H31ClN2O3/c1-2-3-18-30-28(33)26(19-22-10-6-4-7-11-22)31(20-23-14-16-24(29)17-15-23)27(32)21-34-25-12-8-5-9-13-25/h4-17,26H,2-3,18-21H2,1H3,(H,30,33). The van der Waals surface area contributed by atoms with Gasteiger partial charge in [0.2, 0.25) is 5.91 Å². The Kier molecular flexibility index (Phi) is 9.98. The molecular formula is C28H31ClN2O3. The third-order valence-electron chi connectivity index (χ3n) is 5.47. The number of ether oxygens (including phenoxy) is 1. The molecule has 0 aliphatic heterocycles. The molecule has 0 saturated heterocycles. The van der Waals surface area contributed by atoms with Crippen LogP contribution in [0.5, 0.6) is 5.75 Å². The summed E-state index contributed by atoms with van der Waals surface area (Å²) in [7, 11) is 0. The number of unbranched alkanes of at least 4 members (excludes halogenated alkanes) is 1. The highest BCUT2D eigenvalue weighted by atomic mass is 35.5. The smallest absolute Gasteiger partial charge is 0.261 e. The zero-order valence-electron chi connectivity index (χ0n) is 19.5. The summed E-state index contributed by atoms with van der Waals surface area (Å²) in [5.74, 6) is 0.180. The van der Waals surface area contributed by atoms with E-state index >= 15 is 0 Å². The molecule has 2 amide bonds. The number of rotatable bonds is 12. The molecule has 178 valence electrons. The molecule has 6 heteroatoms. The quantitative estimate of drug-likeness (QED) is 0.360. The Balaban J connectivity index is 1.86. The van der Waals surface area contributed by atoms with E-state index in [4.69, 9.17) is 16.3 Å². The van der Waals surface area contributed by atoms with Crippen molar-refractivity contribution in [2.45, 2.75) is 38.8 Å². The number of para-hydroxylation sites is 1. The topological polar surface area (TPSA) is 58.6 Å². The van der Waals surface area contributed by atoms with E-state index < -0.39 is 6.04 Å². The van der Waals surface area contributed by atoms with Crippen molar-refractivity contribution in [1.29, 1.82) is 0 Å². The van der Waals surface area contributed by atoms with Gasteiger partial charge in [-0.1, -0.05) is 85.6 Å². The molecule has 0 aliphatic carbocycles. The number of carbonyl (C=O) groups is 2. The Bertz CT molecular complexity index is 1030. The summed E-state index contributed by atoms with van der Waals surface area (Å²) >= 11 is 6.05. The van der Waals surface area contributed by atoms with E-state index in [1.165, 1.54) is 0 Å². The molecule has 0 aromatic heterocycles. The summed E-state index contributed by atoms with van der Waals surface area (Å²) in [6.07, 6.45) is 2.26. The van der Waals surface area contributed by atoms with Crippen LogP contribution >= 0.6 is 11.6 Å². The van der Waals surface area contributed by atoms with Crippen LogP contribution in [0.1, 0.15) is 30.9 Å². The van der Waals surface area contributed by atoms with Gasteiger partial charge >= 0.3 is 0 Å². The number of nitrogens with one attached hydrogen (secondary N) is 1. The second kappa shape index (κ2) is 13.4. The van der Waals surface area contributed by atoms with E-state index in [1.54, 1.807) is 29.2 Å². The van der Waals surface area contributed by atoms with E-state index in [0.29, 0.717) is 23.7 Å². The predicted octanol–water partition coefficient (Wildman–Crippen LogP) is 5.28. The number of benzene rings is 3. The number of hydrogen-bond acceptors (Lipinski definition) is 3. The SMILES string of the molecule is CCCCNC(=O)C(Cc1ccccc1)N(Cc1ccc(Cl)cc1)C(=O)COc1ccccc1. The first kappa shape index (κ1) is 25.3. The van der Waals surface area contributed by atoms with Crippen LogP contribution in [-0.2, 0) is 22.6 Å². The fourth-order valence-electron chi connectivity index (χ4n) is 3.59. The summed E-state index contributed by atoms with van der Waals surface area (Å²) in [5.41, 5.74) is 1.87. The molecule has 3 aromatic carbocycles. The van der Waals surface area contributed by atoms with E-state index in [2.05, 4.69) is 12.2 Å². The summed E-state index contributed by atoms with van der Waals surface area (Å²) in [6, 6.07) is 25.6. The molecule has 0 heterocycles. The van der Waals surface area contributed by atoms with Gasteiger partial charge in [-0.25, -0.2) is 0 Å². The molecule has 5 nitrogen and oxygen atoms in total. The maximum Gasteiger partial charge on any atom is 0.261 e. The lowest BCUT2D eigenvalue weighted by Gasteiger charge is -2.31. The van der Waals surface area contributed by atoms with E-state index in [9.17, 15) is 9.59 Å². The van der Waals surface area contributed by atoms with Crippen molar-refractivity contribution in [1.82, 2.24) is 10.2 Å². The molecule has 34 heavy (non-hydrogen) atoms. The van der Waals surface area contributed by atoms with Gasteiger partial charge in [0.15, 0.2) is 6.61 Å². The molecule has 1 N–H and O–H groups in total. The fraction of sp³-hybridized carbons (Fsp3) is 0.286. The summed E-state index contributed by atoms with van der Waals surface area (Å²) in [6.45, 7) is 2.76. The average Bonchev–Trinajstić information content (AvgIpc) is 2.87. The molecule has 3 aromatic rings. The molecular weight excluding hydrogens is 448 g/mol. The van der Waals surface area contributed by atoms with Crippen LogP contribution in [0.15, 0.2) is 84.9 Å². The third-order valence-corrected chi connectivity index (χ3v) is 5.72. The highest BCUT2D eigenvalue weighted by Gasteiger charge is 2.30. The lowest BCUT2D eigenvalue weighted by Crippen LogP contribution is -2.51. The third kappa shape index (κ3) is 7.92. The molecule has 3 rings (SSSR count). The van der Waals surface area contributed by atoms with Crippen molar-refractivity contribution in [2.24, 2.45) is 0 Å². The van der Waals surface area contributed by atoms with Gasteiger partial charge in [-0.05, 0) is 41.8 Å². The van der Waals surface area contributed by atoms with Gasteiger partial charge < -0.3 is 15.0 Å². The van der Waals surface area contributed by atoms with Crippen molar-refractivity contribution in [3.05, 3.63) is 101 Å². The highest BCUT2D eigenvalue weighted by Crippen LogP contribution is 2.18. The molecule has 0 radical (unpaired) electrons. The van der Waals surface area contributed by atoms with Crippen LogP contribution in [0.2, 0.25) is 5.02 Å². The van der Waals surface area contributed by atoms with E-state index in [0.717, 1.165) is 24.0 Å².